The monoisotopic (exact) mass is 339 g/mol. The normalized spacial score (nSPS) is 20.4. The molecule has 0 aromatic heterocycles. The van der Waals surface area contributed by atoms with Crippen molar-refractivity contribution in [2.75, 3.05) is 34.4 Å². The zero-order valence-corrected chi connectivity index (χ0v) is 14.1. The first-order valence-electron chi connectivity index (χ1n) is 7.39. The number of morpholine rings is 1. The molecular weight excluding hydrogens is 318 g/mol. The number of carboxylic acid groups (broad SMARTS) is 1. The summed E-state index contributed by atoms with van der Waals surface area (Å²) < 4.78 is 21.1. The molecule has 1 unspecified atom stereocenters. The lowest BCUT2D eigenvalue weighted by molar-refractivity contribution is -0.160. The molecule has 0 aliphatic carbocycles. The van der Waals surface area contributed by atoms with E-state index in [-0.39, 0.29) is 29.9 Å². The van der Waals surface area contributed by atoms with Crippen molar-refractivity contribution < 1.29 is 33.6 Å². The fourth-order valence-electron chi connectivity index (χ4n) is 2.69. The van der Waals surface area contributed by atoms with Gasteiger partial charge >= 0.3 is 5.97 Å². The second kappa shape index (κ2) is 7.39. The molecule has 2 rings (SSSR count). The van der Waals surface area contributed by atoms with Crippen LogP contribution in [-0.4, -0.2) is 68.5 Å². The maximum Gasteiger partial charge on any atom is 0.334 e. The molecule has 1 N–H and O–H groups in total. The molecule has 2 atom stereocenters. The number of methoxy groups -OCH3 is 3. The quantitative estimate of drug-likeness (QED) is 0.856. The van der Waals surface area contributed by atoms with Crippen LogP contribution in [-0.2, 0) is 9.53 Å². The highest BCUT2D eigenvalue weighted by atomic mass is 16.5. The van der Waals surface area contributed by atoms with E-state index in [1.807, 2.05) is 0 Å². The Balaban J connectivity index is 2.37. The number of rotatable bonds is 5. The molecule has 0 radical (unpaired) electrons. The third-order valence-corrected chi connectivity index (χ3v) is 3.76. The number of carbonyl (C=O) groups excluding carboxylic acids is 1. The van der Waals surface area contributed by atoms with E-state index >= 15 is 0 Å². The Morgan fingerprint density at radius 1 is 1.12 bits per heavy atom. The van der Waals surface area contributed by atoms with Crippen molar-refractivity contribution in [2.24, 2.45) is 0 Å². The van der Waals surface area contributed by atoms with Gasteiger partial charge in [0.25, 0.3) is 5.91 Å². The maximum atomic E-state index is 12.9. The Hall–Kier alpha value is -2.48. The minimum absolute atomic E-state index is 0.0317. The molecule has 132 valence electrons. The Bertz CT molecular complexity index is 631. The number of nitrogens with zero attached hydrogens (tertiary/aromatic N) is 1. The molecule has 0 spiro atoms. The van der Waals surface area contributed by atoms with Crippen LogP contribution >= 0.6 is 0 Å². The van der Waals surface area contributed by atoms with Crippen LogP contribution in [0.4, 0.5) is 0 Å². The van der Waals surface area contributed by atoms with Crippen LogP contribution in [0.1, 0.15) is 17.3 Å². The van der Waals surface area contributed by atoms with E-state index in [2.05, 4.69) is 0 Å². The molecule has 24 heavy (non-hydrogen) atoms. The lowest BCUT2D eigenvalue weighted by Gasteiger charge is -2.35. The van der Waals surface area contributed by atoms with Gasteiger partial charge in [-0.1, -0.05) is 0 Å². The second-order valence-electron chi connectivity index (χ2n) is 5.37. The topological polar surface area (TPSA) is 94.5 Å². The highest BCUT2D eigenvalue weighted by Gasteiger charge is 2.34. The standard InChI is InChI=1S/C16H21NO7/c1-9-7-17(8-12(24-9)16(19)20)15(18)10-5-6-11(21-2)14(23-4)13(10)22-3/h5-6,9,12H,7-8H2,1-4H3,(H,19,20)/t9-,12?/m1/s1. The van der Waals surface area contributed by atoms with Crippen molar-refractivity contribution in [1.82, 2.24) is 4.90 Å². The van der Waals surface area contributed by atoms with Crippen molar-refractivity contribution in [2.45, 2.75) is 19.1 Å². The van der Waals surface area contributed by atoms with E-state index in [1.54, 1.807) is 19.1 Å². The van der Waals surface area contributed by atoms with Crippen molar-refractivity contribution in [3.05, 3.63) is 17.7 Å². The van der Waals surface area contributed by atoms with Gasteiger partial charge in [0, 0.05) is 6.54 Å². The SMILES string of the molecule is COc1ccc(C(=O)N2CC(C(=O)O)O[C@H](C)C2)c(OC)c1OC. The van der Waals surface area contributed by atoms with Crippen LogP contribution < -0.4 is 14.2 Å². The van der Waals surface area contributed by atoms with Crippen LogP contribution in [0.3, 0.4) is 0 Å². The smallest absolute Gasteiger partial charge is 0.334 e. The molecule has 1 amide bonds. The third-order valence-electron chi connectivity index (χ3n) is 3.76. The number of aliphatic carboxylic acids is 1. The number of carbonyl (C=O) groups is 2. The van der Waals surface area contributed by atoms with Gasteiger partial charge < -0.3 is 29.0 Å². The van der Waals surface area contributed by atoms with Gasteiger partial charge in [0.2, 0.25) is 5.75 Å². The van der Waals surface area contributed by atoms with E-state index in [1.165, 1.54) is 26.2 Å². The van der Waals surface area contributed by atoms with Crippen molar-refractivity contribution >= 4 is 11.9 Å². The molecule has 0 saturated carbocycles. The van der Waals surface area contributed by atoms with Crippen LogP contribution in [0.5, 0.6) is 17.2 Å². The Morgan fingerprint density at radius 3 is 2.33 bits per heavy atom. The van der Waals surface area contributed by atoms with Gasteiger partial charge in [0.05, 0.1) is 39.5 Å². The molecular formula is C16H21NO7. The summed E-state index contributed by atoms with van der Waals surface area (Å²) in [7, 11) is 4.36. The first kappa shape index (κ1) is 17.9. The van der Waals surface area contributed by atoms with Crippen molar-refractivity contribution in [3.8, 4) is 17.2 Å². The van der Waals surface area contributed by atoms with Gasteiger partial charge in [-0.2, -0.15) is 0 Å². The van der Waals surface area contributed by atoms with Crippen molar-refractivity contribution in [1.29, 1.82) is 0 Å². The summed E-state index contributed by atoms with van der Waals surface area (Å²) in [5, 5.41) is 9.15. The van der Waals surface area contributed by atoms with Gasteiger partial charge in [0.15, 0.2) is 17.6 Å². The molecule has 1 aromatic carbocycles. The number of ether oxygens (including phenoxy) is 4. The first-order chi connectivity index (χ1) is 11.4. The van der Waals surface area contributed by atoms with E-state index < -0.39 is 12.1 Å². The summed E-state index contributed by atoms with van der Waals surface area (Å²) in [5.74, 6) is -0.465. The summed E-state index contributed by atoms with van der Waals surface area (Å²) in [5.41, 5.74) is 0.272. The minimum Gasteiger partial charge on any atom is -0.493 e. The highest BCUT2D eigenvalue weighted by Crippen LogP contribution is 2.40. The van der Waals surface area contributed by atoms with E-state index in [9.17, 15) is 9.59 Å². The molecule has 0 bridgehead atoms. The predicted molar refractivity (Wildman–Crippen MR) is 84.0 cm³/mol. The number of carboxylic acids is 1. The molecule has 1 heterocycles. The molecule has 1 aromatic rings. The fourth-order valence-corrected chi connectivity index (χ4v) is 2.69. The summed E-state index contributed by atoms with van der Waals surface area (Å²) in [6.07, 6.45) is -1.43. The van der Waals surface area contributed by atoms with Gasteiger partial charge in [-0.25, -0.2) is 4.79 Å². The molecule has 1 fully saturated rings. The largest absolute Gasteiger partial charge is 0.493 e. The molecule has 1 aliphatic heterocycles. The van der Waals surface area contributed by atoms with Crippen LogP contribution in [0.25, 0.3) is 0 Å². The number of amides is 1. The number of hydrogen-bond donors (Lipinski definition) is 1. The molecule has 8 heteroatoms. The fraction of sp³-hybridized carbons (Fsp3) is 0.500. The third kappa shape index (κ3) is 3.38. The average molecular weight is 339 g/mol. The Kier molecular flexibility index (Phi) is 5.50. The van der Waals surface area contributed by atoms with Crippen LogP contribution in [0.2, 0.25) is 0 Å². The predicted octanol–water partition coefficient (Wildman–Crippen LogP) is 1.03. The minimum atomic E-state index is -1.10. The molecule has 8 nitrogen and oxygen atoms in total. The van der Waals surface area contributed by atoms with Crippen molar-refractivity contribution in [3.63, 3.8) is 0 Å². The van der Waals surface area contributed by atoms with E-state index in [0.717, 1.165) is 0 Å². The van der Waals surface area contributed by atoms with Crippen LogP contribution in [0.15, 0.2) is 12.1 Å². The van der Waals surface area contributed by atoms with Gasteiger partial charge in [0.1, 0.15) is 0 Å². The summed E-state index contributed by atoms with van der Waals surface area (Å²) >= 11 is 0. The molecule has 1 saturated heterocycles. The zero-order valence-electron chi connectivity index (χ0n) is 14.1. The van der Waals surface area contributed by atoms with Gasteiger partial charge in [-0.15, -0.1) is 0 Å². The van der Waals surface area contributed by atoms with Gasteiger partial charge in [-0.3, -0.25) is 4.79 Å². The molecule has 1 aliphatic rings. The zero-order chi connectivity index (χ0) is 17.9. The number of benzene rings is 1. The van der Waals surface area contributed by atoms with Gasteiger partial charge in [-0.05, 0) is 19.1 Å². The summed E-state index contributed by atoms with van der Waals surface area (Å²) in [6, 6.07) is 3.17. The second-order valence-corrected chi connectivity index (χ2v) is 5.37. The lowest BCUT2D eigenvalue weighted by Crippen LogP contribution is -2.51. The number of hydrogen-bond acceptors (Lipinski definition) is 6. The average Bonchev–Trinajstić information content (AvgIpc) is 2.58. The van der Waals surface area contributed by atoms with Crippen LogP contribution in [0, 0.1) is 0 Å². The van der Waals surface area contributed by atoms with E-state index in [0.29, 0.717) is 18.0 Å². The lowest BCUT2D eigenvalue weighted by atomic mass is 10.1. The highest BCUT2D eigenvalue weighted by molar-refractivity contribution is 5.98. The summed E-state index contributed by atoms with van der Waals surface area (Å²) in [4.78, 5) is 25.5. The Morgan fingerprint density at radius 2 is 1.79 bits per heavy atom. The maximum absolute atomic E-state index is 12.9. The summed E-state index contributed by atoms with van der Waals surface area (Å²) in [6.45, 7) is 1.98. The first-order valence-corrected chi connectivity index (χ1v) is 7.39. The Labute approximate surface area is 139 Å². The van der Waals surface area contributed by atoms with E-state index in [4.69, 9.17) is 24.1 Å².